The maximum atomic E-state index is 12.2. The van der Waals surface area contributed by atoms with Gasteiger partial charge in [0.05, 0.1) is 18.5 Å². The van der Waals surface area contributed by atoms with Crippen LogP contribution in [-0.2, 0) is 11.4 Å². The molecule has 0 spiro atoms. The summed E-state index contributed by atoms with van der Waals surface area (Å²) in [4.78, 5) is 23.8. The SMILES string of the molecule is C=CC(=O)N1CCCC(n2nc(-c3csc(COc4cccc(OC)c4)c3)c3c(N)ncnc32)C1. The van der Waals surface area contributed by atoms with E-state index in [0.29, 0.717) is 31.2 Å². The number of ether oxygens (including phenoxy) is 2. The zero-order valence-corrected chi connectivity index (χ0v) is 20.2. The maximum Gasteiger partial charge on any atom is 0.246 e. The Morgan fingerprint density at radius 2 is 2.17 bits per heavy atom. The van der Waals surface area contributed by atoms with Crippen LogP contribution in [0.4, 0.5) is 5.82 Å². The van der Waals surface area contributed by atoms with Gasteiger partial charge in [-0.05, 0) is 37.1 Å². The van der Waals surface area contributed by atoms with Crippen LogP contribution in [0, 0.1) is 0 Å². The highest BCUT2D eigenvalue weighted by molar-refractivity contribution is 7.10. The predicted octanol–water partition coefficient (Wildman–Crippen LogP) is 4.07. The third-order valence-electron chi connectivity index (χ3n) is 6.10. The van der Waals surface area contributed by atoms with Gasteiger partial charge < -0.3 is 20.1 Å². The van der Waals surface area contributed by atoms with Crippen molar-refractivity contribution in [1.82, 2.24) is 24.6 Å². The van der Waals surface area contributed by atoms with E-state index in [1.54, 1.807) is 23.3 Å². The molecule has 0 bridgehead atoms. The van der Waals surface area contributed by atoms with Gasteiger partial charge in [-0.3, -0.25) is 4.79 Å². The Kier molecular flexibility index (Phi) is 6.37. The summed E-state index contributed by atoms with van der Waals surface area (Å²) < 4.78 is 13.1. The summed E-state index contributed by atoms with van der Waals surface area (Å²) in [5, 5.41) is 7.70. The van der Waals surface area contributed by atoms with Gasteiger partial charge in [-0.2, -0.15) is 5.10 Å². The van der Waals surface area contributed by atoms with E-state index in [-0.39, 0.29) is 11.9 Å². The molecule has 4 aromatic rings. The molecule has 1 amide bonds. The summed E-state index contributed by atoms with van der Waals surface area (Å²) in [6.45, 7) is 5.30. The van der Waals surface area contributed by atoms with Crippen molar-refractivity contribution in [3.8, 4) is 22.8 Å². The van der Waals surface area contributed by atoms with Gasteiger partial charge in [-0.1, -0.05) is 12.6 Å². The molecule has 0 saturated carbocycles. The number of nitrogens with zero attached hydrogens (tertiary/aromatic N) is 5. The van der Waals surface area contributed by atoms with Crippen molar-refractivity contribution in [1.29, 1.82) is 0 Å². The average Bonchev–Trinajstić information content (AvgIpc) is 3.53. The van der Waals surface area contributed by atoms with E-state index in [0.717, 1.165) is 45.9 Å². The van der Waals surface area contributed by atoms with E-state index in [1.807, 2.05) is 34.3 Å². The lowest BCUT2D eigenvalue weighted by molar-refractivity contribution is -0.127. The molecule has 0 radical (unpaired) electrons. The average molecular weight is 491 g/mol. The van der Waals surface area contributed by atoms with Crippen molar-refractivity contribution in [2.75, 3.05) is 25.9 Å². The number of aromatic nitrogens is 4. The maximum absolute atomic E-state index is 12.2. The Bertz CT molecular complexity index is 1380. The topological polar surface area (TPSA) is 108 Å². The quantitative estimate of drug-likeness (QED) is 0.389. The number of methoxy groups -OCH3 is 1. The van der Waals surface area contributed by atoms with Crippen molar-refractivity contribution in [3.63, 3.8) is 0 Å². The minimum absolute atomic E-state index is 0.00676. The van der Waals surface area contributed by atoms with Crippen LogP contribution in [-0.4, -0.2) is 50.8 Å². The molecule has 1 fully saturated rings. The molecule has 3 aromatic heterocycles. The number of piperidine rings is 1. The van der Waals surface area contributed by atoms with Crippen LogP contribution in [0.25, 0.3) is 22.3 Å². The molecule has 1 unspecified atom stereocenters. The normalized spacial score (nSPS) is 15.8. The lowest BCUT2D eigenvalue weighted by Crippen LogP contribution is -2.40. The molecule has 5 rings (SSSR count). The third-order valence-corrected chi connectivity index (χ3v) is 7.01. The highest BCUT2D eigenvalue weighted by atomic mass is 32.1. The second-order valence-electron chi connectivity index (χ2n) is 8.30. The second kappa shape index (κ2) is 9.75. The van der Waals surface area contributed by atoms with E-state index in [4.69, 9.17) is 20.3 Å². The fourth-order valence-electron chi connectivity index (χ4n) is 4.36. The molecule has 2 N–H and O–H groups in total. The molecular formula is C25H26N6O3S. The zero-order chi connectivity index (χ0) is 24.4. The molecule has 1 atom stereocenters. The molecule has 180 valence electrons. The number of rotatable bonds is 7. The summed E-state index contributed by atoms with van der Waals surface area (Å²) in [5.74, 6) is 1.80. The van der Waals surface area contributed by atoms with Crippen molar-refractivity contribution in [2.45, 2.75) is 25.5 Å². The van der Waals surface area contributed by atoms with Crippen molar-refractivity contribution >= 4 is 34.1 Å². The minimum Gasteiger partial charge on any atom is -0.497 e. The highest BCUT2D eigenvalue weighted by Crippen LogP contribution is 2.36. The Labute approximate surface area is 206 Å². The number of hydrogen-bond donors (Lipinski definition) is 1. The van der Waals surface area contributed by atoms with Gasteiger partial charge in [0.2, 0.25) is 5.91 Å². The van der Waals surface area contributed by atoms with Crippen molar-refractivity contribution in [2.24, 2.45) is 0 Å². The van der Waals surface area contributed by atoms with Crippen LogP contribution in [0.2, 0.25) is 0 Å². The first-order valence-electron chi connectivity index (χ1n) is 11.3. The number of carbonyl (C=O) groups excluding carboxylic acids is 1. The lowest BCUT2D eigenvalue weighted by atomic mass is 10.1. The monoisotopic (exact) mass is 490 g/mol. The number of hydrogen-bond acceptors (Lipinski definition) is 8. The third kappa shape index (κ3) is 4.57. The summed E-state index contributed by atoms with van der Waals surface area (Å²) in [6.07, 6.45) is 4.59. The first-order chi connectivity index (χ1) is 17.1. The number of likely N-dealkylation sites (tertiary alicyclic amines) is 1. The zero-order valence-electron chi connectivity index (χ0n) is 19.4. The van der Waals surface area contributed by atoms with Gasteiger partial charge in [0.25, 0.3) is 0 Å². The number of amides is 1. The molecule has 1 aromatic carbocycles. The number of benzene rings is 1. The Morgan fingerprint density at radius 3 is 3.00 bits per heavy atom. The summed E-state index contributed by atoms with van der Waals surface area (Å²) >= 11 is 1.59. The van der Waals surface area contributed by atoms with E-state index in [9.17, 15) is 4.79 Å². The Morgan fingerprint density at radius 1 is 1.31 bits per heavy atom. The molecule has 4 heterocycles. The molecule has 1 aliphatic heterocycles. The minimum atomic E-state index is -0.0703. The Hall–Kier alpha value is -3.92. The van der Waals surface area contributed by atoms with Gasteiger partial charge in [0, 0.05) is 35.0 Å². The van der Waals surface area contributed by atoms with Crippen molar-refractivity contribution < 1.29 is 14.3 Å². The van der Waals surface area contributed by atoms with Gasteiger partial charge >= 0.3 is 0 Å². The van der Waals surface area contributed by atoms with Crippen LogP contribution in [0.1, 0.15) is 23.8 Å². The van der Waals surface area contributed by atoms with Crippen LogP contribution in [0.3, 0.4) is 0 Å². The lowest BCUT2D eigenvalue weighted by Gasteiger charge is -2.32. The van der Waals surface area contributed by atoms with E-state index in [1.165, 1.54) is 12.4 Å². The van der Waals surface area contributed by atoms with Gasteiger partial charge in [0.1, 0.15) is 35.9 Å². The number of carbonyl (C=O) groups is 1. The molecule has 0 aliphatic carbocycles. The van der Waals surface area contributed by atoms with Gasteiger partial charge in [0.15, 0.2) is 5.65 Å². The fourth-order valence-corrected chi connectivity index (χ4v) is 5.14. The van der Waals surface area contributed by atoms with E-state index >= 15 is 0 Å². The second-order valence-corrected chi connectivity index (χ2v) is 9.30. The highest BCUT2D eigenvalue weighted by Gasteiger charge is 2.28. The van der Waals surface area contributed by atoms with Gasteiger partial charge in [-0.15, -0.1) is 11.3 Å². The fraction of sp³-hybridized carbons (Fsp3) is 0.280. The van der Waals surface area contributed by atoms with Crippen LogP contribution in [0.15, 0.2) is 54.7 Å². The van der Waals surface area contributed by atoms with Crippen LogP contribution >= 0.6 is 11.3 Å². The first kappa shape index (κ1) is 22.9. The molecule has 1 aliphatic rings. The predicted molar refractivity (Wildman–Crippen MR) is 135 cm³/mol. The number of nitrogens with two attached hydrogens (primary N) is 1. The smallest absolute Gasteiger partial charge is 0.246 e. The first-order valence-corrected chi connectivity index (χ1v) is 12.2. The molecule has 10 heteroatoms. The summed E-state index contributed by atoms with van der Waals surface area (Å²) in [7, 11) is 1.63. The number of thiophene rings is 1. The number of anilines is 1. The van der Waals surface area contributed by atoms with E-state index in [2.05, 4.69) is 22.6 Å². The van der Waals surface area contributed by atoms with E-state index < -0.39 is 0 Å². The molecule has 35 heavy (non-hydrogen) atoms. The van der Waals surface area contributed by atoms with Crippen molar-refractivity contribution in [3.05, 3.63) is 59.6 Å². The van der Waals surface area contributed by atoms with Crippen LogP contribution in [0.5, 0.6) is 11.5 Å². The number of fused-ring (bicyclic) bond motifs is 1. The van der Waals surface area contributed by atoms with Crippen LogP contribution < -0.4 is 15.2 Å². The summed E-state index contributed by atoms with van der Waals surface area (Å²) in [6, 6.07) is 9.57. The molecule has 9 nitrogen and oxygen atoms in total. The Balaban J connectivity index is 1.43. The molecule has 1 saturated heterocycles. The largest absolute Gasteiger partial charge is 0.497 e. The summed E-state index contributed by atoms with van der Waals surface area (Å²) in [5.41, 5.74) is 8.62. The van der Waals surface area contributed by atoms with Gasteiger partial charge in [-0.25, -0.2) is 14.6 Å². The number of nitrogen functional groups attached to an aromatic ring is 1. The standard InChI is InChI=1S/C25H26N6O3S/c1-3-21(32)30-9-5-6-17(12-30)31-25-22(24(26)27-15-28-25)23(29-31)16-10-20(35-14-16)13-34-19-8-4-7-18(11-19)33-2/h3-4,7-8,10-11,14-15,17H,1,5-6,9,12-13H2,2H3,(H2,26,27,28). The molecular weight excluding hydrogens is 464 g/mol.